The molecule has 0 saturated carbocycles. The molecule has 104 valence electrons. The lowest BCUT2D eigenvalue weighted by molar-refractivity contribution is -0.127. The summed E-state index contributed by atoms with van der Waals surface area (Å²) >= 11 is 0. The van der Waals surface area contributed by atoms with Crippen LogP contribution in [0, 0.1) is 12.8 Å². The van der Waals surface area contributed by atoms with E-state index in [4.69, 9.17) is 9.15 Å². The lowest BCUT2D eigenvalue weighted by Gasteiger charge is -2.20. The third-order valence-electron chi connectivity index (χ3n) is 4.14. The Kier molecular flexibility index (Phi) is 3.33. The van der Waals surface area contributed by atoms with E-state index >= 15 is 0 Å². The molecule has 5 heteroatoms. The molecule has 1 aromatic heterocycles. The minimum atomic E-state index is -0.0615. The Bertz CT molecular complexity index is 471. The fourth-order valence-electron chi connectivity index (χ4n) is 3.24. The molecule has 0 aliphatic carbocycles. The number of nitrogens with zero attached hydrogens (tertiary/aromatic N) is 1. The second-order valence-electron chi connectivity index (χ2n) is 5.35. The first-order valence-electron chi connectivity index (χ1n) is 6.81. The van der Waals surface area contributed by atoms with E-state index in [2.05, 4.69) is 10.2 Å². The van der Waals surface area contributed by atoms with E-state index in [1.807, 2.05) is 19.1 Å². The van der Waals surface area contributed by atoms with Gasteiger partial charge >= 0.3 is 0 Å². The monoisotopic (exact) mass is 264 g/mol. The highest BCUT2D eigenvalue weighted by atomic mass is 16.5. The highest BCUT2D eigenvalue weighted by molar-refractivity contribution is 5.79. The van der Waals surface area contributed by atoms with Crippen molar-refractivity contribution in [1.29, 1.82) is 0 Å². The van der Waals surface area contributed by atoms with Crippen molar-refractivity contribution in [2.45, 2.75) is 32.0 Å². The molecular formula is C14H20N2O3. The number of rotatable bonds is 3. The van der Waals surface area contributed by atoms with E-state index in [-0.39, 0.29) is 17.9 Å². The molecule has 3 rings (SSSR count). The predicted octanol–water partition coefficient (Wildman–Crippen LogP) is 0.923. The van der Waals surface area contributed by atoms with Crippen molar-refractivity contribution in [3.8, 4) is 0 Å². The van der Waals surface area contributed by atoms with E-state index in [9.17, 15) is 4.79 Å². The normalized spacial score (nSPS) is 30.5. The Hall–Kier alpha value is -1.33. The predicted molar refractivity (Wildman–Crippen MR) is 69.6 cm³/mol. The summed E-state index contributed by atoms with van der Waals surface area (Å²) in [5.74, 6) is 1.90. The Balaban J connectivity index is 1.74. The molecule has 0 radical (unpaired) electrons. The Morgan fingerprint density at radius 1 is 1.53 bits per heavy atom. The molecule has 1 amide bonds. The van der Waals surface area contributed by atoms with Gasteiger partial charge in [0, 0.05) is 26.2 Å². The molecule has 3 heterocycles. The summed E-state index contributed by atoms with van der Waals surface area (Å²) in [5.41, 5.74) is 0. The standard InChI is InChI=1S/C14H20N2O3/c1-9-3-4-10(19-9)7-16-8-11(14(17)15-2)13-12(16)5-6-18-13/h3-4,11-13H,5-8H2,1-2H3,(H,15,17)/t11-,12+,13+/m0/s1. The Labute approximate surface area is 112 Å². The number of carbonyl (C=O) groups is 1. The van der Waals surface area contributed by atoms with Gasteiger partial charge in [-0.05, 0) is 25.5 Å². The van der Waals surface area contributed by atoms with Crippen LogP contribution < -0.4 is 5.32 Å². The SMILES string of the molecule is CNC(=O)[C@H]1CN(Cc2ccc(C)o2)[C@@H]2CCO[C@H]12. The lowest BCUT2D eigenvalue weighted by atomic mass is 10.0. The number of aryl methyl sites for hydroxylation is 1. The van der Waals surface area contributed by atoms with Gasteiger partial charge in [-0.2, -0.15) is 0 Å². The molecule has 3 atom stereocenters. The summed E-state index contributed by atoms with van der Waals surface area (Å²) in [4.78, 5) is 14.2. The summed E-state index contributed by atoms with van der Waals surface area (Å²) in [7, 11) is 1.69. The maximum atomic E-state index is 11.9. The largest absolute Gasteiger partial charge is 0.465 e. The molecule has 2 saturated heterocycles. The van der Waals surface area contributed by atoms with Crippen LogP contribution in [-0.2, 0) is 16.1 Å². The van der Waals surface area contributed by atoms with Gasteiger partial charge in [-0.25, -0.2) is 0 Å². The number of ether oxygens (including phenoxy) is 1. The van der Waals surface area contributed by atoms with Gasteiger partial charge in [-0.3, -0.25) is 9.69 Å². The molecule has 5 nitrogen and oxygen atoms in total. The van der Waals surface area contributed by atoms with Gasteiger partial charge in [0.1, 0.15) is 11.5 Å². The van der Waals surface area contributed by atoms with Crippen LogP contribution in [0.4, 0.5) is 0 Å². The third kappa shape index (κ3) is 2.28. The number of furan rings is 1. The molecule has 19 heavy (non-hydrogen) atoms. The summed E-state index contributed by atoms with van der Waals surface area (Å²) in [6.45, 7) is 4.19. The zero-order valence-electron chi connectivity index (χ0n) is 11.4. The first-order chi connectivity index (χ1) is 9.19. The highest BCUT2D eigenvalue weighted by Gasteiger charge is 2.48. The third-order valence-corrected chi connectivity index (χ3v) is 4.14. The number of nitrogens with one attached hydrogen (secondary N) is 1. The van der Waals surface area contributed by atoms with E-state index in [0.717, 1.165) is 37.6 Å². The number of likely N-dealkylation sites (tertiary alicyclic amines) is 1. The first-order valence-corrected chi connectivity index (χ1v) is 6.81. The van der Waals surface area contributed by atoms with Crippen LogP contribution in [0.2, 0.25) is 0 Å². The minimum Gasteiger partial charge on any atom is -0.465 e. The van der Waals surface area contributed by atoms with Crippen molar-refractivity contribution < 1.29 is 13.9 Å². The van der Waals surface area contributed by atoms with Crippen molar-refractivity contribution in [3.63, 3.8) is 0 Å². The zero-order valence-corrected chi connectivity index (χ0v) is 11.4. The maximum absolute atomic E-state index is 11.9. The molecule has 2 fully saturated rings. The number of hydrogen-bond acceptors (Lipinski definition) is 4. The smallest absolute Gasteiger partial charge is 0.226 e. The van der Waals surface area contributed by atoms with Gasteiger partial charge in [0.25, 0.3) is 0 Å². The fourth-order valence-corrected chi connectivity index (χ4v) is 3.24. The summed E-state index contributed by atoms with van der Waals surface area (Å²) in [5, 5.41) is 2.74. The van der Waals surface area contributed by atoms with E-state index in [0.29, 0.717) is 6.04 Å². The lowest BCUT2D eigenvalue weighted by Crippen LogP contribution is -2.36. The summed E-state index contributed by atoms with van der Waals surface area (Å²) in [6, 6.07) is 4.32. The van der Waals surface area contributed by atoms with Crippen molar-refractivity contribution in [2.24, 2.45) is 5.92 Å². The van der Waals surface area contributed by atoms with Gasteiger partial charge in [0.05, 0.1) is 18.6 Å². The Morgan fingerprint density at radius 2 is 2.37 bits per heavy atom. The molecular weight excluding hydrogens is 244 g/mol. The van der Waals surface area contributed by atoms with Crippen molar-refractivity contribution in [2.75, 3.05) is 20.2 Å². The van der Waals surface area contributed by atoms with Crippen LogP contribution >= 0.6 is 0 Å². The van der Waals surface area contributed by atoms with Gasteiger partial charge in [0.2, 0.25) is 5.91 Å². The quantitative estimate of drug-likeness (QED) is 0.882. The molecule has 2 aliphatic heterocycles. The number of carbonyl (C=O) groups excluding carboxylic acids is 1. The molecule has 0 spiro atoms. The van der Waals surface area contributed by atoms with Crippen LogP contribution in [0.5, 0.6) is 0 Å². The topological polar surface area (TPSA) is 54.7 Å². The molecule has 1 N–H and O–H groups in total. The Morgan fingerprint density at radius 3 is 3.05 bits per heavy atom. The molecule has 1 aromatic rings. The molecule has 0 unspecified atom stereocenters. The van der Waals surface area contributed by atoms with Crippen LogP contribution in [0.1, 0.15) is 17.9 Å². The summed E-state index contributed by atoms with van der Waals surface area (Å²) in [6.07, 6.45) is 1.04. The van der Waals surface area contributed by atoms with Crippen molar-refractivity contribution in [3.05, 3.63) is 23.7 Å². The molecule has 0 aromatic carbocycles. The first kappa shape index (κ1) is 12.7. The second kappa shape index (κ2) is 4.98. The van der Waals surface area contributed by atoms with E-state index in [1.54, 1.807) is 7.05 Å². The van der Waals surface area contributed by atoms with Crippen LogP contribution in [0.15, 0.2) is 16.5 Å². The second-order valence-corrected chi connectivity index (χ2v) is 5.35. The van der Waals surface area contributed by atoms with E-state index in [1.165, 1.54) is 0 Å². The van der Waals surface area contributed by atoms with Gasteiger partial charge in [0.15, 0.2) is 0 Å². The molecule has 2 aliphatic rings. The van der Waals surface area contributed by atoms with Crippen molar-refractivity contribution >= 4 is 5.91 Å². The number of amides is 1. The van der Waals surface area contributed by atoms with Gasteiger partial charge in [-0.15, -0.1) is 0 Å². The number of fused-ring (bicyclic) bond motifs is 1. The van der Waals surface area contributed by atoms with Gasteiger partial charge in [-0.1, -0.05) is 0 Å². The zero-order chi connectivity index (χ0) is 13.4. The van der Waals surface area contributed by atoms with Gasteiger partial charge < -0.3 is 14.5 Å². The average molecular weight is 264 g/mol. The maximum Gasteiger partial charge on any atom is 0.226 e. The fraction of sp³-hybridized carbons (Fsp3) is 0.643. The average Bonchev–Trinajstić information content (AvgIpc) is 3.07. The van der Waals surface area contributed by atoms with Crippen molar-refractivity contribution in [1.82, 2.24) is 10.2 Å². The van der Waals surface area contributed by atoms with Crippen LogP contribution in [-0.4, -0.2) is 43.2 Å². The summed E-state index contributed by atoms with van der Waals surface area (Å²) < 4.78 is 11.4. The highest BCUT2D eigenvalue weighted by Crippen LogP contribution is 2.34. The molecule has 0 bridgehead atoms. The van der Waals surface area contributed by atoms with Crippen LogP contribution in [0.25, 0.3) is 0 Å². The minimum absolute atomic E-state index is 0.0380. The van der Waals surface area contributed by atoms with Crippen LogP contribution in [0.3, 0.4) is 0 Å². The van der Waals surface area contributed by atoms with E-state index < -0.39 is 0 Å². The number of hydrogen-bond donors (Lipinski definition) is 1.